The number of nitrogens with one attached hydrogen (secondary N) is 2. The maximum Gasteiger partial charge on any atom is 0.0633 e. The average molecular weight is 525 g/mol. The maximum atomic E-state index is 4.80. The van der Waals surface area contributed by atoms with Crippen LogP contribution in [0.3, 0.4) is 0 Å². The molecule has 7 rings (SSSR count). The summed E-state index contributed by atoms with van der Waals surface area (Å²) in [5.41, 5.74) is 13.1. The van der Waals surface area contributed by atoms with Crippen LogP contribution in [0, 0.1) is 0 Å². The lowest BCUT2D eigenvalue weighted by Crippen LogP contribution is -2.00. The lowest BCUT2D eigenvalue weighted by atomic mass is 10.0. The molecule has 4 aromatic carbocycles. The minimum absolute atomic E-state index is 0.851. The Kier molecular flexibility index (Phi) is 8.36. The zero-order chi connectivity index (χ0) is 27.9. The molecule has 0 saturated carbocycles. The molecule has 40 heavy (non-hydrogen) atoms. The van der Waals surface area contributed by atoms with Gasteiger partial charge in [0, 0.05) is 34.2 Å². The van der Waals surface area contributed by atoms with Crippen LogP contribution >= 0.6 is 0 Å². The molecule has 0 amide bonds. The number of anilines is 2. The molecule has 0 unspecified atom stereocenters. The van der Waals surface area contributed by atoms with E-state index >= 15 is 0 Å². The summed E-state index contributed by atoms with van der Waals surface area (Å²) in [5, 5.41) is 7.06. The highest BCUT2D eigenvalue weighted by Crippen LogP contribution is 2.22. The summed E-state index contributed by atoms with van der Waals surface area (Å²) in [5.74, 6) is 0. The lowest BCUT2D eigenvalue weighted by molar-refractivity contribution is 1.19. The highest BCUT2D eigenvalue weighted by atomic mass is 14.9. The van der Waals surface area contributed by atoms with E-state index in [0.717, 1.165) is 58.4 Å². The minimum Gasteiger partial charge on any atom is -0.359 e. The van der Waals surface area contributed by atoms with Crippen molar-refractivity contribution in [2.75, 3.05) is 10.6 Å². The van der Waals surface area contributed by atoms with Gasteiger partial charge in [-0.1, -0.05) is 48.5 Å². The first-order chi connectivity index (χ1) is 19.4. The van der Waals surface area contributed by atoms with E-state index in [1.807, 2.05) is 13.8 Å². The highest BCUT2D eigenvalue weighted by Gasteiger charge is 2.03. The number of fused-ring (bicyclic) bond motifs is 2. The maximum absolute atomic E-state index is 4.80. The third-order valence-electron chi connectivity index (χ3n) is 6.69. The van der Waals surface area contributed by atoms with Crippen molar-refractivity contribution in [1.82, 2.24) is 0 Å². The molecule has 8 bridgehead atoms. The summed E-state index contributed by atoms with van der Waals surface area (Å²) in [6.07, 6.45) is 5.89. The minimum atomic E-state index is 0.851. The van der Waals surface area contributed by atoms with Crippen molar-refractivity contribution in [2.45, 2.75) is 40.5 Å². The predicted octanol–water partition coefficient (Wildman–Crippen LogP) is 9.40. The van der Waals surface area contributed by atoms with Crippen LogP contribution in [0.4, 0.5) is 22.7 Å². The molecular formula is C36H36N4. The Labute approximate surface area is 237 Å². The first kappa shape index (κ1) is 26.9. The van der Waals surface area contributed by atoms with E-state index in [0.29, 0.717) is 0 Å². The van der Waals surface area contributed by atoms with Crippen molar-refractivity contribution in [3.63, 3.8) is 0 Å². The number of rotatable bonds is 0. The second-order valence-corrected chi connectivity index (χ2v) is 10.5. The van der Waals surface area contributed by atoms with Crippen molar-refractivity contribution < 1.29 is 0 Å². The van der Waals surface area contributed by atoms with Gasteiger partial charge in [0.2, 0.25) is 0 Å². The zero-order valence-electron chi connectivity index (χ0n) is 23.7. The van der Waals surface area contributed by atoms with Gasteiger partial charge in [-0.15, -0.1) is 0 Å². The molecule has 2 N–H and O–H groups in total. The van der Waals surface area contributed by atoms with E-state index in [2.05, 4.69) is 134 Å². The molecule has 0 atom stereocenters. The summed E-state index contributed by atoms with van der Waals surface area (Å²) in [6.45, 7) is 8.22. The van der Waals surface area contributed by atoms with Crippen LogP contribution in [0.25, 0.3) is 0 Å². The van der Waals surface area contributed by atoms with Crippen LogP contribution in [0.5, 0.6) is 0 Å². The topological polar surface area (TPSA) is 48.8 Å². The zero-order valence-corrected chi connectivity index (χ0v) is 23.7. The molecule has 0 aliphatic carbocycles. The van der Waals surface area contributed by atoms with E-state index in [1.54, 1.807) is 0 Å². The van der Waals surface area contributed by atoms with Gasteiger partial charge in [0.25, 0.3) is 0 Å². The van der Waals surface area contributed by atoms with Gasteiger partial charge in [0.15, 0.2) is 0 Å². The van der Waals surface area contributed by atoms with Gasteiger partial charge in [-0.25, -0.2) is 0 Å². The number of hydrogen-bond acceptors (Lipinski definition) is 4. The molecular weight excluding hydrogens is 488 g/mol. The molecule has 0 saturated heterocycles. The summed E-state index contributed by atoms with van der Waals surface area (Å²) < 4.78 is 0. The Morgan fingerprint density at radius 1 is 0.475 bits per heavy atom. The van der Waals surface area contributed by atoms with Crippen LogP contribution < -0.4 is 10.6 Å². The lowest BCUT2D eigenvalue weighted by Gasteiger charge is -2.11. The highest BCUT2D eigenvalue weighted by molar-refractivity contribution is 5.96. The quantitative estimate of drug-likeness (QED) is 0.241. The van der Waals surface area contributed by atoms with Gasteiger partial charge in [-0.2, -0.15) is 0 Å². The van der Waals surface area contributed by atoms with E-state index in [-0.39, 0.29) is 0 Å². The standard InChI is InChI=1S/C36H36N4/c1-25-19-27(3)39-35-9-5-7-31(23-35)22-32-8-6-10-36(24-32)40-28(4)20-26(2)38-34-17-13-30(14-18-34)21-29-11-15-33(37-25)16-12-29/h5-20,23-24,39-40H,21-22H2,1-4H3/b27-19-,28-20-,37-25?,38-26?. The molecule has 3 heterocycles. The van der Waals surface area contributed by atoms with E-state index < -0.39 is 0 Å². The first-order valence-electron chi connectivity index (χ1n) is 13.7. The predicted molar refractivity (Wildman–Crippen MR) is 172 cm³/mol. The van der Waals surface area contributed by atoms with Crippen LogP contribution in [0.15, 0.2) is 131 Å². The Morgan fingerprint density at radius 2 is 0.875 bits per heavy atom. The molecule has 3 aliphatic rings. The smallest absolute Gasteiger partial charge is 0.0633 e. The Morgan fingerprint density at radius 3 is 1.30 bits per heavy atom. The fraction of sp³-hybridized carbons (Fsp3) is 0.167. The molecule has 200 valence electrons. The van der Waals surface area contributed by atoms with Gasteiger partial charge < -0.3 is 10.6 Å². The number of hydrogen-bond donors (Lipinski definition) is 2. The van der Waals surface area contributed by atoms with Gasteiger partial charge in [0.1, 0.15) is 0 Å². The molecule has 4 nitrogen and oxygen atoms in total. The van der Waals surface area contributed by atoms with Gasteiger partial charge in [-0.05, 0) is 123 Å². The number of aliphatic imine (C=N–C) groups is 2. The number of nitrogens with zero attached hydrogens (tertiary/aromatic N) is 2. The van der Waals surface area contributed by atoms with Gasteiger partial charge >= 0.3 is 0 Å². The SMILES string of the molecule is CC1=Nc2ccc(cc2)Cc2ccc(cc2)N=C(C)/C=C(/C)Nc2cccc(c2)Cc2cccc(c2)N/C(C)=C\1. The van der Waals surface area contributed by atoms with Crippen LogP contribution in [-0.2, 0) is 12.8 Å². The molecule has 0 fully saturated rings. The summed E-state index contributed by atoms with van der Waals surface area (Å²) in [7, 11) is 0. The molecule has 0 radical (unpaired) electrons. The van der Waals surface area contributed by atoms with Crippen LogP contribution in [-0.4, -0.2) is 11.4 Å². The Hall–Kier alpha value is -4.70. The molecule has 4 heteroatoms. The van der Waals surface area contributed by atoms with E-state index in [1.165, 1.54) is 22.3 Å². The van der Waals surface area contributed by atoms with E-state index in [9.17, 15) is 0 Å². The van der Waals surface area contributed by atoms with Crippen molar-refractivity contribution in [2.24, 2.45) is 9.98 Å². The van der Waals surface area contributed by atoms with Crippen LogP contribution in [0.2, 0.25) is 0 Å². The summed E-state index contributed by atoms with van der Waals surface area (Å²) in [4.78, 5) is 9.61. The first-order valence-corrected chi connectivity index (χ1v) is 13.7. The Bertz CT molecular complexity index is 1480. The van der Waals surface area contributed by atoms with Crippen molar-refractivity contribution in [3.05, 3.63) is 143 Å². The fourth-order valence-electron chi connectivity index (χ4n) is 4.99. The summed E-state index contributed by atoms with van der Waals surface area (Å²) in [6, 6.07) is 34.1. The largest absolute Gasteiger partial charge is 0.359 e. The normalized spacial score (nSPS) is 16.9. The summed E-state index contributed by atoms with van der Waals surface area (Å²) >= 11 is 0. The molecule has 4 aromatic rings. The molecule has 3 aliphatic heterocycles. The van der Waals surface area contributed by atoms with Crippen molar-refractivity contribution in [3.8, 4) is 0 Å². The monoisotopic (exact) mass is 524 g/mol. The third kappa shape index (κ3) is 7.67. The second kappa shape index (κ2) is 12.4. The molecule has 0 aromatic heterocycles. The average Bonchev–Trinajstić information content (AvgIpc) is 2.90. The number of allylic oxidation sites excluding steroid dienone is 4. The van der Waals surface area contributed by atoms with Gasteiger partial charge in [0.05, 0.1) is 11.4 Å². The molecule has 0 spiro atoms. The third-order valence-corrected chi connectivity index (χ3v) is 6.69. The van der Waals surface area contributed by atoms with Crippen molar-refractivity contribution in [1.29, 1.82) is 0 Å². The fourth-order valence-corrected chi connectivity index (χ4v) is 4.99. The number of benzene rings is 4. The van der Waals surface area contributed by atoms with E-state index in [4.69, 9.17) is 9.98 Å². The van der Waals surface area contributed by atoms with Crippen LogP contribution in [0.1, 0.15) is 49.9 Å². The van der Waals surface area contributed by atoms with Gasteiger partial charge in [-0.3, -0.25) is 9.98 Å². The van der Waals surface area contributed by atoms with Crippen molar-refractivity contribution >= 4 is 34.2 Å². The Balaban J connectivity index is 1.47. The second-order valence-electron chi connectivity index (χ2n) is 10.5.